The predicted molar refractivity (Wildman–Crippen MR) is 91.8 cm³/mol. The van der Waals surface area contributed by atoms with Gasteiger partial charge >= 0.3 is 11.9 Å². The smallest absolute Gasteiger partial charge is 0.334 e. The molecule has 0 aromatic heterocycles. The zero-order valence-corrected chi connectivity index (χ0v) is 14.5. The van der Waals surface area contributed by atoms with Crippen LogP contribution in [0.25, 0.3) is 0 Å². The number of hydrogen-bond donors (Lipinski definition) is 2. The van der Waals surface area contributed by atoms with Crippen LogP contribution in [-0.4, -0.2) is 53.4 Å². The van der Waals surface area contributed by atoms with E-state index in [9.17, 15) is 24.6 Å². The molecule has 1 fully saturated rings. The lowest BCUT2D eigenvalue weighted by Gasteiger charge is -2.30. The summed E-state index contributed by atoms with van der Waals surface area (Å²) in [6.07, 6.45) is 0.770. The van der Waals surface area contributed by atoms with Gasteiger partial charge in [0.1, 0.15) is 24.6 Å². The van der Waals surface area contributed by atoms with Gasteiger partial charge in [0, 0.05) is 16.7 Å². The van der Waals surface area contributed by atoms with Gasteiger partial charge in [-0.2, -0.15) is 0 Å². The number of carbonyl (C=O) groups is 3. The number of esters is 2. The van der Waals surface area contributed by atoms with Gasteiger partial charge in [0.2, 0.25) is 0 Å². The van der Waals surface area contributed by atoms with Crippen molar-refractivity contribution in [3.63, 3.8) is 0 Å². The number of hydrogen-bond acceptors (Lipinski definition) is 7. The fraction of sp³-hybridized carbons (Fsp3) is 0.421. The first-order chi connectivity index (χ1) is 12.3. The Morgan fingerprint density at radius 2 is 2.19 bits per heavy atom. The summed E-state index contributed by atoms with van der Waals surface area (Å²) in [4.78, 5) is 35.5. The van der Waals surface area contributed by atoms with E-state index in [4.69, 9.17) is 9.47 Å². The Morgan fingerprint density at radius 1 is 1.50 bits per heavy atom. The molecule has 7 heteroatoms. The van der Waals surface area contributed by atoms with E-state index in [1.54, 1.807) is 6.08 Å². The summed E-state index contributed by atoms with van der Waals surface area (Å²) >= 11 is 0. The van der Waals surface area contributed by atoms with E-state index in [0.717, 1.165) is 0 Å². The molecule has 1 unspecified atom stereocenters. The van der Waals surface area contributed by atoms with Gasteiger partial charge in [-0.1, -0.05) is 19.2 Å². The largest absolute Gasteiger partial charge is 0.455 e. The molecule has 0 saturated carbocycles. The third-order valence-corrected chi connectivity index (χ3v) is 4.44. The highest BCUT2D eigenvalue weighted by Gasteiger charge is 2.48. The lowest BCUT2D eigenvalue weighted by Crippen LogP contribution is -2.43. The van der Waals surface area contributed by atoms with E-state index in [2.05, 4.69) is 13.2 Å². The fourth-order valence-corrected chi connectivity index (χ4v) is 2.99. The molecule has 0 aromatic carbocycles. The Balaban J connectivity index is 2.54. The Bertz CT molecular complexity index is 701. The number of aliphatic hydroxyl groups is 2. The van der Waals surface area contributed by atoms with Crippen LogP contribution in [0.5, 0.6) is 0 Å². The Morgan fingerprint density at radius 3 is 2.77 bits per heavy atom. The Kier molecular flexibility index (Phi) is 6.28. The second-order valence-corrected chi connectivity index (χ2v) is 6.36. The molecule has 4 atom stereocenters. The van der Waals surface area contributed by atoms with Gasteiger partial charge in [0.05, 0.1) is 12.5 Å². The first-order valence-corrected chi connectivity index (χ1v) is 8.20. The van der Waals surface area contributed by atoms with E-state index in [1.807, 2.05) is 0 Å². The number of allylic oxidation sites excluding steroid dienone is 1. The second-order valence-electron chi connectivity index (χ2n) is 6.36. The second kappa shape index (κ2) is 8.25. The standard InChI is InChI=1S/C19H22O7/c1-10(2)18(23)26-17-15-11(3)19(24)25-14(15)7-12(8-20)5-4-6-13(9-21)16(17)22/h6-7,9,14-17,20,22H,1,3-5,8H2,2H3/b12-7+,13-6-/t14-,15+,16+,17?/m1/s1. The average Bonchev–Trinajstić information content (AvgIpc) is 2.88. The van der Waals surface area contributed by atoms with E-state index in [1.165, 1.54) is 13.0 Å². The molecule has 1 aliphatic carbocycles. The van der Waals surface area contributed by atoms with Crippen LogP contribution in [0.1, 0.15) is 19.8 Å². The summed E-state index contributed by atoms with van der Waals surface area (Å²) in [6, 6.07) is 0. The molecule has 0 amide bonds. The topological polar surface area (TPSA) is 110 Å². The number of aliphatic hydroxyl groups excluding tert-OH is 2. The molecule has 1 saturated heterocycles. The maximum Gasteiger partial charge on any atom is 0.334 e. The lowest BCUT2D eigenvalue weighted by molar-refractivity contribution is -0.153. The van der Waals surface area contributed by atoms with Gasteiger partial charge in [0.15, 0.2) is 0 Å². The highest BCUT2D eigenvalue weighted by atomic mass is 16.6. The average molecular weight is 362 g/mol. The number of carbonyl (C=O) groups excluding carboxylic acids is 3. The van der Waals surface area contributed by atoms with Crippen LogP contribution in [0, 0.1) is 5.92 Å². The van der Waals surface area contributed by atoms with Crippen molar-refractivity contribution in [1.82, 2.24) is 0 Å². The molecule has 2 rings (SSSR count). The zero-order valence-electron chi connectivity index (χ0n) is 14.5. The van der Waals surface area contributed by atoms with E-state index >= 15 is 0 Å². The van der Waals surface area contributed by atoms with Crippen LogP contribution in [0.3, 0.4) is 0 Å². The summed E-state index contributed by atoms with van der Waals surface area (Å²) in [6.45, 7) is 8.37. The first kappa shape index (κ1) is 19.8. The molecular weight excluding hydrogens is 340 g/mol. The van der Waals surface area contributed by atoms with E-state index < -0.39 is 36.2 Å². The third kappa shape index (κ3) is 4.00. The molecule has 0 radical (unpaired) electrons. The summed E-state index contributed by atoms with van der Waals surface area (Å²) in [5, 5.41) is 20.2. The van der Waals surface area contributed by atoms with Gasteiger partial charge in [-0.25, -0.2) is 9.59 Å². The van der Waals surface area contributed by atoms with Crippen LogP contribution in [0.15, 0.2) is 47.6 Å². The van der Waals surface area contributed by atoms with Crippen molar-refractivity contribution in [2.24, 2.45) is 5.92 Å². The fourth-order valence-electron chi connectivity index (χ4n) is 2.99. The quantitative estimate of drug-likeness (QED) is 0.329. The maximum atomic E-state index is 12.0. The molecule has 2 aliphatic rings. The summed E-state index contributed by atoms with van der Waals surface area (Å²) in [7, 11) is 0. The van der Waals surface area contributed by atoms with Gasteiger partial charge in [0.25, 0.3) is 0 Å². The molecule has 140 valence electrons. The first-order valence-electron chi connectivity index (χ1n) is 8.20. The lowest BCUT2D eigenvalue weighted by atomic mass is 9.83. The summed E-state index contributed by atoms with van der Waals surface area (Å²) in [5.41, 5.74) is 0.748. The highest BCUT2D eigenvalue weighted by molar-refractivity contribution is 5.92. The van der Waals surface area contributed by atoms with Crippen LogP contribution < -0.4 is 0 Å². The van der Waals surface area contributed by atoms with Crippen LogP contribution in [0.2, 0.25) is 0 Å². The van der Waals surface area contributed by atoms with Crippen molar-refractivity contribution >= 4 is 18.2 Å². The third-order valence-electron chi connectivity index (χ3n) is 4.44. The van der Waals surface area contributed by atoms with Crippen molar-refractivity contribution in [3.8, 4) is 0 Å². The number of rotatable bonds is 4. The molecule has 0 spiro atoms. The zero-order chi connectivity index (χ0) is 19.4. The van der Waals surface area contributed by atoms with Crippen molar-refractivity contribution in [2.45, 2.75) is 38.1 Å². The molecule has 7 nitrogen and oxygen atoms in total. The molecule has 1 aliphatic heterocycles. The number of ether oxygens (including phenoxy) is 2. The van der Waals surface area contributed by atoms with Crippen LogP contribution in [-0.2, 0) is 23.9 Å². The van der Waals surface area contributed by atoms with Crippen molar-refractivity contribution in [3.05, 3.63) is 47.6 Å². The molecule has 0 bridgehead atoms. The Hall–Kier alpha value is -2.51. The molecule has 1 heterocycles. The van der Waals surface area contributed by atoms with Gasteiger partial charge < -0.3 is 19.7 Å². The van der Waals surface area contributed by atoms with Gasteiger partial charge in [-0.15, -0.1) is 0 Å². The Labute approximate surface area is 151 Å². The van der Waals surface area contributed by atoms with Crippen molar-refractivity contribution < 1.29 is 34.1 Å². The van der Waals surface area contributed by atoms with Crippen LogP contribution in [0.4, 0.5) is 0 Å². The van der Waals surface area contributed by atoms with Gasteiger partial charge in [-0.05, 0) is 31.4 Å². The normalized spacial score (nSPS) is 33.0. The maximum absolute atomic E-state index is 12.0. The highest BCUT2D eigenvalue weighted by Crippen LogP contribution is 2.36. The summed E-state index contributed by atoms with van der Waals surface area (Å²) in [5.74, 6) is -2.36. The summed E-state index contributed by atoms with van der Waals surface area (Å²) < 4.78 is 10.6. The molecule has 2 N–H and O–H groups in total. The van der Waals surface area contributed by atoms with Crippen LogP contribution >= 0.6 is 0 Å². The van der Waals surface area contributed by atoms with Gasteiger partial charge in [-0.3, -0.25) is 4.79 Å². The molecule has 26 heavy (non-hydrogen) atoms. The SMILES string of the molecule is C=C(C)C(=O)OC1[C@H]2C(=C)C(=O)O[C@@H]2/C=C(/CO)CC/C=C(/C=O)[C@@H]1O. The number of fused-ring (bicyclic) bond motifs is 1. The monoisotopic (exact) mass is 362 g/mol. The molecule has 0 aromatic rings. The number of aldehydes is 1. The van der Waals surface area contributed by atoms with E-state index in [-0.39, 0.29) is 23.3 Å². The minimum atomic E-state index is -1.46. The minimum Gasteiger partial charge on any atom is -0.455 e. The molecular formula is C19H22O7. The van der Waals surface area contributed by atoms with Crippen molar-refractivity contribution in [2.75, 3.05) is 6.61 Å². The van der Waals surface area contributed by atoms with Crippen molar-refractivity contribution in [1.29, 1.82) is 0 Å². The minimum absolute atomic E-state index is 0.0212. The predicted octanol–water partition coefficient (Wildman–Crippen LogP) is 0.771. The van der Waals surface area contributed by atoms with E-state index in [0.29, 0.717) is 24.7 Å².